The molecule has 0 radical (unpaired) electrons. The van der Waals surface area contributed by atoms with E-state index in [1.807, 2.05) is 19.8 Å². The Morgan fingerprint density at radius 2 is 2.10 bits per heavy atom. The minimum absolute atomic E-state index is 0.310. The molecule has 0 spiro atoms. The number of terminal acetylenes is 1. The van der Waals surface area contributed by atoms with Gasteiger partial charge in [-0.2, -0.15) is 0 Å². The van der Waals surface area contributed by atoms with Gasteiger partial charge in [0.15, 0.2) is 19.5 Å². The Kier molecular flexibility index (Phi) is 8.13. The maximum absolute atomic E-state index is 13.0. The van der Waals surface area contributed by atoms with Crippen LogP contribution in [0, 0.1) is 17.3 Å². The molecule has 0 aliphatic rings. The molecule has 1 heterocycles. The number of amides is 1. The Balaban J connectivity index is 2.43. The van der Waals surface area contributed by atoms with E-state index in [-0.39, 0.29) is 5.91 Å². The number of anilines is 1. The first-order valence-corrected chi connectivity index (χ1v) is 9.73. The van der Waals surface area contributed by atoms with Crippen LogP contribution >= 0.6 is 11.3 Å². The first-order chi connectivity index (χ1) is 14.0. The molecule has 1 N–H and O–H groups in total. The van der Waals surface area contributed by atoms with Gasteiger partial charge in [0.2, 0.25) is 0 Å². The number of nitrogens with one attached hydrogen (secondary N) is 1. The van der Waals surface area contributed by atoms with Crippen molar-refractivity contribution >= 4 is 45.7 Å². The van der Waals surface area contributed by atoms with Gasteiger partial charge in [0, 0.05) is 29.5 Å². The van der Waals surface area contributed by atoms with Crippen LogP contribution in [-0.4, -0.2) is 30.2 Å². The van der Waals surface area contributed by atoms with Crippen molar-refractivity contribution in [2.75, 3.05) is 12.4 Å². The molecule has 6 nitrogen and oxygen atoms in total. The van der Waals surface area contributed by atoms with Crippen LogP contribution < -0.4 is 10.1 Å². The van der Waals surface area contributed by atoms with Gasteiger partial charge in [0.1, 0.15) is 0 Å². The number of thiazole rings is 1. The standard InChI is InChI=1S/C21H20BN3O3S/c1-5-7-8-15(6-2)13-18(16-9-11-17(12-10-16)25(27)28-4)20(26)24-21-23-14-19(22-3)29-21/h2,5,7-14,22H,1,3-4H3/p+1/b7-5-,15-8+,18-13+. The molecule has 0 bridgehead atoms. The lowest BCUT2D eigenvalue weighted by atomic mass is 9.81. The zero-order valence-electron chi connectivity index (χ0n) is 16.5. The lowest BCUT2D eigenvalue weighted by Crippen LogP contribution is -2.14. The number of benzene rings is 1. The number of nitrogens with zero attached hydrogens (tertiary/aromatic N) is 2. The van der Waals surface area contributed by atoms with Crippen molar-refractivity contribution in [3.63, 3.8) is 0 Å². The molecular formula is C21H21BN3O3S+. The van der Waals surface area contributed by atoms with E-state index in [0.29, 0.717) is 32.5 Å². The predicted molar refractivity (Wildman–Crippen MR) is 120 cm³/mol. The van der Waals surface area contributed by atoms with Gasteiger partial charge in [-0.05, 0) is 41.5 Å². The summed E-state index contributed by atoms with van der Waals surface area (Å²) in [5.41, 5.74) is 1.80. The van der Waals surface area contributed by atoms with Gasteiger partial charge >= 0.3 is 5.69 Å². The molecule has 2 aromatic rings. The highest BCUT2D eigenvalue weighted by atomic mass is 32.1. The zero-order valence-corrected chi connectivity index (χ0v) is 17.3. The second-order valence-electron chi connectivity index (χ2n) is 5.78. The fourth-order valence-corrected chi connectivity index (χ4v) is 3.08. The summed E-state index contributed by atoms with van der Waals surface area (Å²) in [5, 5.41) is 3.33. The molecule has 1 amide bonds. The fraction of sp³-hybridized carbons (Fsp3) is 0.143. The van der Waals surface area contributed by atoms with Crippen LogP contribution in [0.3, 0.4) is 0 Å². The molecule has 0 saturated carbocycles. The van der Waals surface area contributed by atoms with Crippen molar-refractivity contribution in [3.8, 4) is 12.3 Å². The van der Waals surface area contributed by atoms with Gasteiger partial charge in [0.25, 0.3) is 10.8 Å². The molecule has 1 aromatic heterocycles. The fourth-order valence-electron chi connectivity index (χ4n) is 2.33. The molecule has 0 unspecified atom stereocenters. The minimum atomic E-state index is -0.345. The molecule has 1 aromatic carbocycles. The largest absolute Gasteiger partial charge is 0.316 e. The van der Waals surface area contributed by atoms with Crippen LogP contribution in [0.5, 0.6) is 0 Å². The van der Waals surface area contributed by atoms with E-state index >= 15 is 0 Å². The lowest BCUT2D eigenvalue weighted by Gasteiger charge is -2.08. The monoisotopic (exact) mass is 406 g/mol. The number of allylic oxidation sites excluding steroid dienone is 5. The van der Waals surface area contributed by atoms with Gasteiger partial charge in [-0.25, -0.2) is 9.82 Å². The quantitative estimate of drug-likeness (QED) is 0.240. The zero-order chi connectivity index (χ0) is 21.2. The Morgan fingerprint density at radius 1 is 1.38 bits per heavy atom. The van der Waals surface area contributed by atoms with Crippen molar-refractivity contribution in [1.29, 1.82) is 0 Å². The summed E-state index contributed by atoms with van der Waals surface area (Å²) in [6.45, 7) is 3.90. The topological polar surface area (TPSA) is 71.3 Å². The molecular weight excluding hydrogens is 385 g/mol. The SMILES string of the molecule is C#CC(=C\C=C/C)/C=C(/C(=O)Nc1ncc(BC)s1)c1ccc([N+](=O)OC)cc1. The average molecular weight is 406 g/mol. The van der Waals surface area contributed by atoms with Crippen molar-refractivity contribution in [3.05, 3.63) is 70.8 Å². The van der Waals surface area contributed by atoms with Crippen LogP contribution in [-0.2, 0) is 9.63 Å². The first-order valence-electron chi connectivity index (χ1n) is 8.91. The maximum atomic E-state index is 13.0. The first kappa shape index (κ1) is 21.9. The van der Waals surface area contributed by atoms with Gasteiger partial charge < -0.3 is 0 Å². The highest BCUT2D eigenvalue weighted by molar-refractivity contribution is 7.24. The highest BCUT2D eigenvalue weighted by Crippen LogP contribution is 2.23. The van der Waals surface area contributed by atoms with Crippen LogP contribution in [0.15, 0.2) is 60.3 Å². The molecule has 8 heteroatoms. The van der Waals surface area contributed by atoms with Gasteiger partial charge in [0.05, 0.1) is 4.91 Å². The second-order valence-corrected chi connectivity index (χ2v) is 6.89. The van der Waals surface area contributed by atoms with Crippen LogP contribution in [0.25, 0.3) is 5.57 Å². The normalized spacial score (nSPS) is 11.8. The van der Waals surface area contributed by atoms with Crippen molar-refractivity contribution in [1.82, 2.24) is 4.98 Å². The van der Waals surface area contributed by atoms with E-state index in [4.69, 9.17) is 6.42 Å². The molecule has 0 aliphatic carbocycles. The molecule has 0 fully saturated rings. The summed E-state index contributed by atoms with van der Waals surface area (Å²) >= 11 is 1.42. The van der Waals surface area contributed by atoms with E-state index in [1.54, 1.807) is 48.7 Å². The summed E-state index contributed by atoms with van der Waals surface area (Å²) in [7, 11) is 2.12. The number of carbonyl (C=O) groups is 1. The highest BCUT2D eigenvalue weighted by Gasteiger charge is 2.18. The number of rotatable bonds is 8. The van der Waals surface area contributed by atoms with Crippen LogP contribution in [0.2, 0.25) is 6.82 Å². The molecule has 0 saturated heterocycles. The summed E-state index contributed by atoms with van der Waals surface area (Å²) in [4.78, 5) is 33.8. The molecule has 0 aliphatic heterocycles. The molecule has 146 valence electrons. The van der Waals surface area contributed by atoms with Crippen molar-refractivity contribution in [2.45, 2.75) is 13.7 Å². The van der Waals surface area contributed by atoms with Crippen LogP contribution in [0.1, 0.15) is 12.5 Å². The Labute approximate surface area is 174 Å². The van der Waals surface area contributed by atoms with Crippen molar-refractivity contribution < 1.29 is 14.6 Å². The Hall–Kier alpha value is -3.44. The third kappa shape index (κ3) is 6.02. The summed E-state index contributed by atoms with van der Waals surface area (Å²) in [6, 6.07) is 6.45. The smallest absolute Gasteiger partial charge is 0.298 e. The average Bonchev–Trinajstić information content (AvgIpc) is 3.21. The predicted octanol–water partition coefficient (Wildman–Crippen LogP) is 3.38. The van der Waals surface area contributed by atoms with E-state index in [2.05, 4.69) is 21.1 Å². The summed E-state index contributed by atoms with van der Waals surface area (Å²) in [5.74, 6) is 2.22. The van der Waals surface area contributed by atoms with Crippen LogP contribution in [0.4, 0.5) is 10.8 Å². The van der Waals surface area contributed by atoms with E-state index in [1.165, 1.54) is 18.4 Å². The number of carbonyl (C=O) groups excluding carboxylic acids is 1. The number of aromatic nitrogens is 1. The van der Waals surface area contributed by atoms with Crippen molar-refractivity contribution in [2.24, 2.45) is 0 Å². The number of hydrogen-bond acceptors (Lipinski definition) is 5. The summed E-state index contributed by atoms with van der Waals surface area (Å²) in [6.07, 6.45) is 14.3. The third-order valence-electron chi connectivity index (χ3n) is 3.86. The molecule has 0 atom stereocenters. The van der Waals surface area contributed by atoms with E-state index < -0.39 is 0 Å². The molecule has 2 rings (SSSR count). The van der Waals surface area contributed by atoms with Gasteiger partial charge in [-0.15, -0.1) is 17.8 Å². The maximum Gasteiger partial charge on any atom is 0.316 e. The number of hydrogen-bond donors (Lipinski definition) is 1. The Morgan fingerprint density at radius 3 is 2.66 bits per heavy atom. The van der Waals surface area contributed by atoms with E-state index in [9.17, 15) is 9.70 Å². The van der Waals surface area contributed by atoms with Gasteiger partial charge in [-0.3, -0.25) is 10.1 Å². The minimum Gasteiger partial charge on any atom is -0.298 e. The Bertz CT molecular complexity index is 1010. The lowest BCUT2D eigenvalue weighted by molar-refractivity contribution is -0.736. The van der Waals surface area contributed by atoms with E-state index in [0.717, 1.165) is 12.1 Å². The second kappa shape index (κ2) is 10.8. The molecule has 29 heavy (non-hydrogen) atoms. The van der Waals surface area contributed by atoms with Gasteiger partial charge in [-0.1, -0.05) is 24.9 Å². The summed E-state index contributed by atoms with van der Waals surface area (Å²) < 4.78 is 1.07. The third-order valence-corrected chi connectivity index (χ3v) is 4.91.